The van der Waals surface area contributed by atoms with E-state index < -0.39 is 0 Å². The van der Waals surface area contributed by atoms with E-state index in [0.29, 0.717) is 6.10 Å². The molecular weight excluding hydrogens is 252 g/mol. The fraction of sp³-hybridized carbons (Fsp3) is 0.750. The van der Waals surface area contributed by atoms with Gasteiger partial charge in [0.2, 0.25) is 0 Å². The number of hydrogen-bond donors (Lipinski definition) is 1. The van der Waals surface area contributed by atoms with Crippen LogP contribution in [-0.2, 0) is 17.8 Å². The monoisotopic (exact) mass is 278 g/mol. The number of rotatable bonds is 5. The summed E-state index contributed by atoms with van der Waals surface area (Å²) in [6, 6.07) is 2.83. The molecule has 1 aliphatic heterocycles. The molecule has 0 radical (unpaired) electrons. The Bertz CT molecular complexity index is 451. The summed E-state index contributed by atoms with van der Waals surface area (Å²) in [7, 11) is 0. The minimum absolute atomic E-state index is 0.0617. The zero-order chi connectivity index (χ0) is 14.2. The minimum atomic E-state index is -0.0617. The van der Waals surface area contributed by atoms with Crippen LogP contribution in [0.15, 0.2) is 16.7 Å². The van der Waals surface area contributed by atoms with Crippen molar-refractivity contribution < 1.29 is 9.15 Å². The van der Waals surface area contributed by atoms with Crippen molar-refractivity contribution in [3.63, 3.8) is 0 Å². The normalized spacial score (nSPS) is 26.9. The topological polar surface area (TPSA) is 37.6 Å². The van der Waals surface area contributed by atoms with Gasteiger partial charge in [-0.2, -0.15) is 0 Å². The van der Waals surface area contributed by atoms with Gasteiger partial charge in [-0.05, 0) is 39.7 Å². The maximum atomic E-state index is 5.96. The summed E-state index contributed by atoms with van der Waals surface area (Å²) in [4.78, 5) is 2.47. The van der Waals surface area contributed by atoms with Gasteiger partial charge in [-0.3, -0.25) is 4.90 Å². The van der Waals surface area contributed by atoms with Gasteiger partial charge in [0.05, 0.1) is 24.5 Å². The van der Waals surface area contributed by atoms with Gasteiger partial charge in [0.15, 0.2) is 0 Å². The highest BCUT2D eigenvalue weighted by atomic mass is 16.5. The third kappa shape index (κ3) is 3.62. The summed E-state index contributed by atoms with van der Waals surface area (Å²) in [6.07, 6.45) is 4.73. The second kappa shape index (κ2) is 5.51. The Morgan fingerprint density at radius 2 is 2.20 bits per heavy atom. The van der Waals surface area contributed by atoms with Gasteiger partial charge in [-0.1, -0.05) is 0 Å². The highest BCUT2D eigenvalue weighted by Gasteiger charge is 2.31. The van der Waals surface area contributed by atoms with Crippen LogP contribution in [0.2, 0.25) is 0 Å². The molecule has 1 aromatic rings. The summed E-state index contributed by atoms with van der Waals surface area (Å²) in [6.45, 7) is 10.3. The van der Waals surface area contributed by atoms with Crippen LogP contribution in [0.4, 0.5) is 0 Å². The van der Waals surface area contributed by atoms with Crippen molar-refractivity contribution in [2.45, 2.75) is 64.4 Å². The van der Waals surface area contributed by atoms with Crippen LogP contribution in [0.25, 0.3) is 0 Å². The van der Waals surface area contributed by atoms with Crippen molar-refractivity contribution in [3.8, 4) is 0 Å². The number of hydrogen-bond acceptors (Lipinski definition) is 4. The standard InChI is InChI=1S/C16H26N2O2/c1-12-9-18(11-16(2,3)20-12)10-13-6-7-19-15(13)8-17-14-4-5-14/h6-7,12,14,17H,4-5,8-11H2,1-3H3. The molecule has 2 aliphatic rings. The van der Waals surface area contributed by atoms with Gasteiger partial charge in [0.25, 0.3) is 0 Å². The smallest absolute Gasteiger partial charge is 0.122 e. The van der Waals surface area contributed by atoms with Crippen LogP contribution in [0.3, 0.4) is 0 Å². The Hall–Kier alpha value is -0.840. The number of morpholine rings is 1. The van der Waals surface area contributed by atoms with E-state index in [1.54, 1.807) is 0 Å². The molecule has 1 aromatic heterocycles. The van der Waals surface area contributed by atoms with Crippen molar-refractivity contribution >= 4 is 0 Å². The maximum Gasteiger partial charge on any atom is 0.122 e. The lowest BCUT2D eigenvalue weighted by atomic mass is 10.0. The lowest BCUT2D eigenvalue weighted by molar-refractivity contribution is -0.130. The summed E-state index contributed by atoms with van der Waals surface area (Å²) in [5.41, 5.74) is 1.25. The van der Waals surface area contributed by atoms with Crippen LogP contribution < -0.4 is 5.32 Å². The van der Waals surface area contributed by atoms with Crippen molar-refractivity contribution in [1.29, 1.82) is 0 Å². The number of nitrogens with zero attached hydrogens (tertiary/aromatic N) is 1. The van der Waals surface area contributed by atoms with Gasteiger partial charge in [-0.15, -0.1) is 0 Å². The molecule has 0 bridgehead atoms. The highest BCUT2D eigenvalue weighted by molar-refractivity contribution is 5.17. The van der Waals surface area contributed by atoms with Crippen molar-refractivity contribution in [1.82, 2.24) is 10.2 Å². The average molecular weight is 278 g/mol. The van der Waals surface area contributed by atoms with Crippen molar-refractivity contribution in [2.75, 3.05) is 13.1 Å². The first kappa shape index (κ1) is 14.1. The fourth-order valence-corrected chi connectivity index (χ4v) is 3.13. The van der Waals surface area contributed by atoms with E-state index in [0.717, 1.165) is 38.0 Å². The third-order valence-corrected chi connectivity index (χ3v) is 4.00. The Kier molecular flexibility index (Phi) is 3.89. The van der Waals surface area contributed by atoms with Crippen LogP contribution in [0.5, 0.6) is 0 Å². The molecule has 0 amide bonds. The first-order chi connectivity index (χ1) is 9.52. The van der Waals surface area contributed by atoms with E-state index >= 15 is 0 Å². The third-order valence-electron chi connectivity index (χ3n) is 4.00. The SMILES string of the molecule is CC1CN(Cc2ccoc2CNC2CC2)CC(C)(C)O1. The number of ether oxygens (including phenoxy) is 1. The summed E-state index contributed by atoms with van der Waals surface area (Å²) in [5.74, 6) is 1.09. The maximum absolute atomic E-state index is 5.96. The molecule has 4 nitrogen and oxygen atoms in total. The minimum Gasteiger partial charge on any atom is -0.468 e. The predicted molar refractivity (Wildman–Crippen MR) is 78.5 cm³/mol. The molecule has 1 N–H and O–H groups in total. The first-order valence-corrected chi connectivity index (χ1v) is 7.71. The zero-order valence-corrected chi connectivity index (χ0v) is 12.8. The molecule has 4 heteroatoms. The van der Waals surface area contributed by atoms with E-state index in [-0.39, 0.29) is 5.60 Å². The van der Waals surface area contributed by atoms with E-state index in [1.807, 2.05) is 6.26 Å². The van der Waals surface area contributed by atoms with Crippen LogP contribution in [-0.4, -0.2) is 35.7 Å². The second-order valence-electron chi connectivity index (χ2n) is 6.88. The summed E-state index contributed by atoms with van der Waals surface area (Å²) < 4.78 is 11.6. The molecule has 2 heterocycles. The van der Waals surface area contributed by atoms with Crippen molar-refractivity contribution in [3.05, 3.63) is 23.7 Å². The number of furan rings is 1. The molecule has 0 spiro atoms. The molecule has 1 aliphatic carbocycles. The van der Waals surface area contributed by atoms with E-state index in [4.69, 9.17) is 9.15 Å². The van der Waals surface area contributed by atoms with Gasteiger partial charge in [0.1, 0.15) is 5.76 Å². The Labute approximate surface area is 121 Å². The molecule has 0 aromatic carbocycles. The van der Waals surface area contributed by atoms with Crippen LogP contribution in [0.1, 0.15) is 44.9 Å². The van der Waals surface area contributed by atoms with Gasteiger partial charge >= 0.3 is 0 Å². The largest absolute Gasteiger partial charge is 0.468 e. The van der Waals surface area contributed by atoms with E-state index in [2.05, 4.69) is 37.1 Å². The quantitative estimate of drug-likeness (QED) is 0.898. The Balaban J connectivity index is 1.60. The second-order valence-corrected chi connectivity index (χ2v) is 6.88. The zero-order valence-electron chi connectivity index (χ0n) is 12.8. The molecule has 3 rings (SSSR count). The predicted octanol–water partition coefficient (Wildman–Crippen LogP) is 2.53. The molecule has 1 unspecified atom stereocenters. The molecule has 2 fully saturated rings. The number of nitrogens with one attached hydrogen (secondary N) is 1. The lowest BCUT2D eigenvalue weighted by Gasteiger charge is -2.41. The van der Waals surface area contributed by atoms with Gasteiger partial charge in [-0.25, -0.2) is 0 Å². The fourth-order valence-electron chi connectivity index (χ4n) is 3.13. The van der Waals surface area contributed by atoms with Gasteiger partial charge < -0.3 is 14.5 Å². The highest BCUT2D eigenvalue weighted by Crippen LogP contribution is 2.24. The van der Waals surface area contributed by atoms with Crippen LogP contribution >= 0.6 is 0 Å². The Morgan fingerprint density at radius 3 is 2.90 bits per heavy atom. The molecule has 112 valence electrons. The molecule has 20 heavy (non-hydrogen) atoms. The molecule has 1 saturated heterocycles. The molecule has 1 saturated carbocycles. The lowest BCUT2D eigenvalue weighted by Crippen LogP contribution is -2.51. The van der Waals surface area contributed by atoms with E-state index in [9.17, 15) is 0 Å². The average Bonchev–Trinajstić information content (AvgIpc) is 3.05. The Morgan fingerprint density at radius 1 is 1.40 bits per heavy atom. The molecular formula is C16H26N2O2. The first-order valence-electron chi connectivity index (χ1n) is 7.71. The summed E-state index contributed by atoms with van der Waals surface area (Å²) in [5, 5.41) is 3.52. The molecule has 1 atom stereocenters. The van der Waals surface area contributed by atoms with Crippen LogP contribution in [0, 0.1) is 0 Å². The van der Waals surface area contributed by atoms with Crippen molar-refractivity contribution in [2.24, 2.45) is 0 Å². The summed E-state index contributed by atoms with van der Waals surface area (Å²) >= 11 is 0. The van der Waals surface area contributed by atoms with Gasteiger partial charge in [0, 0.05) is 31.2 Å². The van der Waals surface area contributed by atoms with E-state index in [1.165, 1.54) is 18.4 Å².